The lowest BCUT2D eigenvalue weighted by Crippen LogP contribution is -2.30. The molecule has 1 aromatic carbocycles. The number of anilines is 1. The third-order valence-corrected chi connectivity index (χ3v) is 3.66. The standard InChI is InChI=1S/C16H24N4O/c1-4-9-20-12-13(11-18-20)16(10-17)19(2)14-5-7-15(21-3)8-6-14/h5-8,11-12,16H,4,9-10,17H2,1-3H3. The van der Waals surface area contributed by atoms with E-state index in [-0.39, 0.29) is 6.04 Å². The summed E-state index contributed by atoms with van der Waals surface area (Å²) in [6, 6.07) is 8.11. The molecule has 0 saturated heterocycles. The van der Waals surface area contributed by atoms with E-state index in [1.807, 2.05) is 35.1 Å². The van der Waals surface area contributed by atoms with Gasteiger partial charge in [-0.05, 0) is 30.7 Å². The maximum atomic E-state index is 5.98. The van der Waals surface area contributed by atoms with Crippen molar-refractivity contribution in [1.82, 2.24) is 9.78 Å². The van der Waals surface area contributed by atoms with E-state index in [0.29, 0.717) is 6.54 Å². The van der Waals surface area contributed by atoms with Gasteiger partial charge in [0.2, 0.25) is 0 Å². The van der Waals surface area contributed by atoms with Crippen molar-refractivity contribution in [2.75, 3.05) is 25.6 Å². The van der Waals surface area contributed by atoms with E-state index in [1.54, 1.807) is 7.11 Å². The van der Waals surface area contributed by atoms with Crippen LogP contribution in [-0.4, -0.2) is 30.5 Å². The summed E-state index contributed by atoms with van der Waals surface area (Å²) in [4.78, 5) is 2.17. The number of hydrogen-bond acceptors (Lipinski definition) is 4. The molecular formula is C16H24N4O. The molecule has 114 valence electrons. The van der Waals surface area contributed by atoms with Crippen LogP contribution in [0.3, 0.4) is 0 Å². The predicted molar refractivity (Wildman–Crippen MR) is 85.7 cm³/mol. The van der Waals surface area contributed by atoms with Crippen LogP contribution in [0.5, 0.6) is 5.75 Å². The molecule has 1 unspecified atom stereocenters. The van der Waals surface area contributed by atoms with E-state index in [2.05, 4.69) is 30.2 Å². The van der Waals surface area contributed by atoms with Crippen LogP contribution in [0.1, 0.15) is 24.9 Å². The average molecular weight is 288 g/mol. The molecule has 1 heterocycles. The minimum Gasteiger partial charge on any atom is -0.497 e. The first kappa shape index (κ1) is 15.4. The van der Waals surface area contributed by atoms with Crippen molar-refractivity contribution in [1.29, 1.82) is 0 Å². The van der Waals surface area contributed by atoms with Gasteiger partial charge in [0.05, 0.1) is 19.3 Å². The molecule has 5 heteroatoms. The molecule has 2 aromatic rings. The first-order valence-corrected chi connectivity index (χ1v) is 7.29. The van der Waals surface area contributed by atoms with Crippen LogP contribution in [0, 0.1) is 0 Å². The molecule has 0 aliphatic heterocycles. The number of ether oxygens (including phenoxy) is 1. The fourth-order valence-corrected chi connectivity index (χ4v) is 2.42. The molecule has 0 spiro atoms. The van der Waals surface area contributed by atoms with Gasteiger partial charge in [-0.3, -0.25) is 4.68 Å². The lowest BCUT2D eigenvalue weighted by atomic mass is 10.1. The number of likely N-dealkylation sites (N-methyl/N-ethyl adjacent to an activating group) is 1. The largest absolute Gasteiger partial charge is 0.497 e. The second kappa shape index (κ2) is 7.13. The molecule has 2 rings (SSSR count). The minimum atomic E-state index is 0.115. The highest BCUT2D eigenvalue weighted by molar-refractivity contribution is 5.50. The summed E-state index contributed by atoms with van der Waals surface area (Å²) < 4.78 is 7.17. The highest BCUT2D eigenvalue weighted by Gasteiger charge is 2.17. The second-order valence-corrected chi connectivity index (χ2v) is 5.10. The predicted octanol–water partition coefficient (Wildman–Crippen LogP) is 2.44. The van der Waals surface area contributed by atoms with E-state index >= 15 is 0 Å². The van der Waals surface area contributed by atoms with Crippen molar-refractivity contribution < 1.29 is 4.74 Å². The first-order valence-electron chi connectivity index (χ1n) is 7.29. The number of benzene rings is 1. The van der Waals surface area contributed by atoms with Crippen LogP contribution < -0.4 is 15.4 Å². The van der Waals surface area contributed by atoms with Crippen LogP contribution in [0.4, 0.5) is 5.69 Å². The zero-order valence-electron chi connectivity index (χ0n) is 13.0. The molecule has 0 amide bonds. The zero-order chi connectivity index (χ0) is 15.2. The molecular weight excluding hydrogens is 264 g/mol. The Bertz CT molecular complexity index is 550. The summed E-state index contributed by atoms with van der Waals surface area (Å²) in [7, 11) is 3.72. The molecule has 0 aliphatic rings. The van der Waals surface area contributed by atoms with Gasteiger partial charge in [-0.1, -0.05) is 6.92 Å². The average Bonchev–Trinajstić information content (AvgIpc) is 2.97. The Kier molecular flexibility index (Phi) is 5.22. The lowest BCUT2D eigenvalue weighted by Gasteiger charge is -2.28. The number of methoxy groups -OCH3 is 1. The Balaban J connectivity index is 2.17. The van der Waals surface area contributed by atoms with Crippen LogP contribution in [0.2, 0.25) is 0 Å². The smallest absolute Gasteiger partial charge is 0.119 e. The quantitative estimate of drug-likeness (QED) is 0.850. The summed E-state index contributed by atoms with van der Waals surface area (Å²) in [6.07, 6.45) is 5.07. The van der Waals surface area contributed by atoms with Crippen LogP contribution >= 0.6 is 0 Å². The van der Waals surface area contributed by atoms with Gasteiger partial charge in [-0.25, -0.2) is 0 Å². The fraction of sp³-hybridized carbons (Fsp3) is 0.438. The van der Waals surface area contributed by atoms with Gasteiger partial charge >= 0.3 is 0 Å². The molecule has 0 radical (unpaired) electrons. The van der Waals surface area contributed by atoms with Gasteiger partial charge in [0, 0.05) is 37.6 Å². The SMILES string of the molecule is CCCn1cc(C(CN)N(C)c2ccc(OC)cc2)cn1. The Morgan fingerprint density at radius 2 is 2.05 bits per heavy atom. The number of nitrogens with zero attached hydrogens (tertiary/aromatic N) is 3. The van der Waals surface area contributed by atoms with Gasteiger partial charge in [0.15, 0.2) is 0 Å². The number of hydrogen-bond donors (Lipinski definition) is 1. The maximum Gasteiger partial charge on any atom is 0.119 e. The van der Waals surface area contributed by atoms with Gasteiger partial charge < -0.3 is 15.4 Å². The van der Waals surface area contributed by atoms with Crippen LogP contribution in [0.15, 0.2) is 36.7 Å². The van der Waals surface area contributed by atoms with Crippen LogP contribution in [0.25, 0.3) is 0 Å². The summed E-state index contributed by atoms with van der Waals surface area (Å²) in [5, 5.41) is 4.39. The van der Waals surface area contributed by atoms with Crippen molar-refractivity contribution in [2.24, 2.45) is 5.73 Å². The molecule has 1 atom stereocenters. The number of aromatic nitrogens is 2. The lowest BCUT2D eigenvalue weighted by molar-refractivity contribution is 0.415. The number of aryl methyl sites for hydroxylation is 1. The summed E-state index contributed by atoms with van der Waals surface area (Å²) in [5.74, 6) is 0.854. The second-order valence-electron chi connectivity index (χ2n) is 5.10. The Hall–Kier alpha value is -2.01. The zero-order valence-corrected chi connectivity index (χ0v) is 13.0. The molecule has 0 fully saturated rings. The van der Waals surface area contributed by atoms with Crippen LogP contribution in [-0.2, 0) is 6.54 Å². The molecule has 1 aromatic heterocycles. The number of rotatable bonds is 7. The topological polar surface area (TPSA) is 56.3 Å². The summed E-state index contributed by atoms with van der Waals surface area (Å²) >= 11 is 0. The molecule has 0 bridgehead atoms. The van der Waals surface area contributed by atoms with Crippen molar-refractivity contribution >= 4 is 5.69 Å². The van der Waals surface area contributed by atoms with Crippen molar-refractivity contribution in [3.05, 3.63) is 42.2 Å². The minimum absolute atomic E-state index is 0.115. The molecule has 2 N–H and O–H groups in total. The van der Waals surface area contributed by atoms with E-state index in [9.17, 15) is 0 Å². The first-order chi connectivity index (χ1) is 10.2. The number of nitrogens with two attached hydrogens (primary N) is 1. The van der Waals surface area contributed by atoms with Crippen molar-refractivity contribution in [2.45, 2.75) is 25.9 Å². The molecule has 0 aliphatic carbocycles. The van der Waals surface area contributed by atoms with E-state index < -0.39 is 0 Å². The van der Waals surface area contributed by atoms with Gasteiger partial charge in [-0.15, -0.1) is 0 Å². The highest BCUT2D eigenvalue weighted by Crippen LogP contribution is 2.26. The normalized spacial score (nSPS) is 12.2. The highest BCUT2D eigenvalue weighted by atomic mass is 16.5. The monoisotopic (exact) mass is 288 g/mol. The van der Waals surface area contributed by atoms with Gasteiger partial charge in [0.25, 0.3) is 0 Å². The fourth-order valence-electron chi connectivity index (χ4n) is 2.42. The molecule has 21 heavy (non-hydrogen) atoms. The maximum absolute atomic E-state index is 5.98. The third-order valence-electron chi connectivity index (χ3n) is 3.66. The molecule has 5 nitrogen and oxygen atoms in total. The summed E-state index contributed by atoms with van der Waals surface area (Å²) in [5.41, 5.74) is 8.23. The van der Waals surface area contributed by atoms with Crippen molar-refractivity contribution in [3.8, 4) is 5.75 Å². The van der Waals surface area contributed by atoms with E-state index in [1.165, 1.54) is 0 Å². The van der Waals surface area contributed by atoms with Crippen molar-refractivity contribution in [3.63, 3.8) is 0 Å². The third kappa shape index (κ3) is 3.55. The Labute approximate surface area is 126 Å². The van der Waals surface area contributed by atoms with E-state index in [0.717, 1.165) is 30.0 Å². The molecule has 0 saturated carbocycles. The van der Waals surface area contributed by atoms with Gasteiger partial charge in [-0.2, -0.15) is 5.10 Å². The summed E-state index contributed by atoms with van der Waals surface area (Å²) in [6.45, 7) is 3.62. The van der Waals surface area contributed by atoms with Gasteiger partial charge in [0.1, 0.15) is 5.75 Å². The van der Waals surface area contributed by atoms with E-state index in [4.69, 9.17) is 10.5 Å². The Morgan fingerprint density at radius 1 is 1.33 bits per heavy atom. The Morgan fingerprint density at radius 3 is 2.62 bits per heavy atom.